The zero-order chi connectivity index (χ0) is 37.6. The Morgan fingerprint density at radius 1 is 0.824 bits per heavy atom. The second-order valence-electron chi connectivity index (χ2n) is 13.9. The number of aliphatic hydroxyl groups excluding tert-OH is 3. The first-order valence-corrected chi connectivity index (χ1v) is 21.3. The second kappa shape index (κ2) is 30.9. The Hall–Kier alpha value is -1.56. The van der Waals surface area contributed by atoms with E-state index in [2.05, 4.69) is 18.4 Å². The van der Waals surface area contributed by atoms with Crippen LogP contribution in [-0.2, 0) is 28.1 Å². The van der Waals surface area contributed by atoms with E-state index in [1.165, 1.54) is 70.5 Å². The standard InChI is InChI=1S/C39H71O11P/c1-3-5-7-8-9-10-11-12-13-14-15-16-19-23-29-47-31-34(32-48-51(44,45)46)49-38(42)26-22-18-17-21-25-35-36(41)30-39(43)50-37(35)28-27-33(40)24-20-6-4-2/h17,21,23,27-29,33-37,39-41,43H,3-16,18-20,22,24-26,30-32H2,1-2H3,(H2,44,45,46)/b21-17-,28-27+,29-23-/t33-,34+,35-,36-,37+,39?/m0/s1. The van der Waals surface area contributed by atoms with E-state index in [9.17, 15) is 24.7 Å². The van der Waals surface area contributed by atoms with Gasteiger partial charge in [-0.2, -0.15) is 0 Å². The van der Waals surface area contributed by atoms with Gasteiger partial charge in [0.25, 0.3) is 0 Å². The number of phosphoric ester groups is 1. The quantitative estimate of drug-likeness (QED) is 0.0147. The minimum Gasteiger partial charge on any atom is -0.498 e. The maximum absolute atomic E-state index is 12.5. The van der Waals surface area contributed by atoms with Gasteiger partial charge in [0.1, 0.15) is 6.61 Å². The van der Waals surface area contributed by atoms with Crippen molar-refractivity contribution >= 4 is 13.8 Å². The Morgan fingerprint density at radius 3 is 2.08 bits per heavy atom. The number of carbonyl (C=O) groups excluding carboxylic acids is 1. The first kappa shape index (κ1) is 47.5. The summed E-state index contributed by atoms with van der Waals surface area (Å²) < 4.78 is 32.3. The van der Waals surface area contributed by atoms with Crippen molar-refractivity contribution in [2.24, 2.45) is 5.92 Å². The van der Waals surface area contributed by atoms with Crippen LogP contribution in [0.1, 0.15) is 155 Å². The monoisotopic (exact) mass is 746 g/mol. The van der Waals surface area contributed by atoms with Crippen LogP contribution in [0.3, 0.4) is 0 Å². The Morgan fingerprint density at radius 2 is 1.43 bits per heavy atom. The molecule has 51 heavy (non-hydrogen) atoms. The summed E-state index contributed by atoms with van der Waals surface area (Å²) in [5.41, 5.74) is 0. The van der Waals surface area contributed by atoms with Crippen LogP contribution in [0.4, 0.5) is 0 Å². The lowest BCUT2D eigenvalue weighted by Gasteiger charge is -2.36. The average Bonchev–Trinajstić information content (AvgIpc) is 3.07. The average molecular weight is 747 g/mol. The molecule has 298 valence electrons. The smallest absolute Gasteiger partial charge is 0.469 e. The van der Waals surface area contributed by atoms with Crippen LogP contribution >= 0.6 is 7.82 Å². The number of ether oxygens (including phenoxy) is 3. The van der Waals surface area contributed by atoms with E-state index < -0.39 is 51.1 Å². The van der Waals surface area contributed by atoms with Crippen molar-refractivity contribution in [1.82, 2.24) is 0 Å². The van der Waals surface area contributed by atoms with Gasteiger partial charge in [0, 0.05) is 18.8 Å². The lowest BCUT2D eigenvalue weighted by molar-refractivity contribution is -0.199. The molecule has 1 rings (SSSR count). The molecule has 1 heterocycles. The summed E-state index contributed by atoms with van der Waals surface area (Å²) in [7, 11) is -4.74. The highest BCUT2D eigenvalue weighted by molar-refractivity contribution is 7.46. The molecule has 5 N–H and O–H groups in total. The van der Waals surface area contributed by atoms with Crippen LogP contribution in [0, 0.1) is 5.92 Å². The maximum Gasteiger partial charge on any atom is 0.469 e. The predicted octanol–water partition coefficient (Wildman–Crippen LogP) is 8.33. The summed E-state index contributed by atoms with van der Waals surface area (Å²) in [4.78, 5) is 30.7. The summed E-state index contributed by atoms with van der Waals surface area (Å²) in [6, 6.07) is 0. The van der Waals surface area contributed by atoms with Crippen molar-refractivity contribution in [2.75, 3.05) is 13.2 Å². The fourth-order valence-electron chi connectivity index (χ4n) is 6.03. The molecule has 11 nitrogen and oxygen atoms in total. The van der Waals surface area contributed by atoms with E-state index in [0.29, 0.717) is 25.7 Å². The summed E-state index contributed by atoms with van der Waals surface area (Å²) in [6.07, 6.45) is 28.4. The van der Waals surface area contributed by atoms with Crippen molar-refractivity contribution < 1.29 is 53.2 Å². The molecule has 0 amide bonds. The highest BCUT2D eigenvalue weighted by Crippen LogP contribution is 2.36. The second-order valence-corrected chi connectivity index (χ2v) is 15.1. The summed E-state index contributed by atoms with van der Waals surface area (Å²) in [5.74, 6) is -0.818. The lowest BCUT2D eigenvalue weighted by Crippen LogP contribution is -2.43. The van der Waals surface area contributed by atoms with E-state index >= 15 is 0 Å². The molecular weight excluding hydrogens is 675 g/mol. The molecule has 1 unspecified atom stereocenters. The molecule has 0 aromatic heterocycles. The molecule has 1 fully saturated rings. The van der Waals surface area contributed by atoms with E-state index in [0.717, 1.165) is 38.5 Å². The Balaban J connectivity index is 2.35. The van der Waals surface area contributed by atoms with Crippen LogP contribution in [0.15, 0.2) is 36.6 Å². The molecule has 1 saturated heterocycles. The SMILES string of the molecule is CCCCCCCCCCCCCC/C=C\OC[C@H](COP(=O)(O)O)OC(=O)CCC/C=C\C[C@H]1[C@@H](O)CC(O)O[C@@H]1/C=C/[C@@H](O)CCCCC. The summed E-state index contributed by atoms with van der Waals surface area (Å²) >= 11 is 0. The van der Waals surface area contributed by atoms with Crippen LogP contribution in [0.25, 0.3) is 0 Å². The Bertz CT molecular complexity index is 982. The number of unbranched alkanes of at least 4 members (excludes halogenated alkanes) is 15. The number of rotatable bonds is 32. The number of phosphoric acid groups is 1. The number of aliphatic hydroxyl groups is 3. The molecule has 0 bridgehead atoms. The van der Waals surface area contributed by atoms with Gasteiger partial charge in [0.15, 0.2) is 12.4 Å². The topological polar surface area (TPSA) is 172 Å². The Labute approximate surface area is 308 Å². The first-order valence-electron chi connectivity index (χ1n) is 19.7. The van der Waals surface area contributed by atoms with Gasteiger partial charge < -0.3 is 39.3 Å². The number of esters is 1. The third-order valence-electron chi connectivity index (χ3n) is 9.05. The van der Waals surface area contributed by atoms with E-state index in [4.69, 9.17) is 24.0 Å². The highest BCUT2D eigenvalue weighted by Gasteiger charge is 2.35. The van der Waals surface area contributed by atoms with E-state index in [-0.39, 0.29) is 25.4 Å². The zero-order valence-electron chi connectivity index (χ0n) is 31.5. The molecule has 6 atom stereocenters. The fourth-order valence-corrected chi connectivity index (χ4v) is 6.39. The molecule has 0 spiro atoms. The van der Waals surface area contributed by atoms with Gasteiger partial charge in [-0.05, 0) is 44.6 Å². The van der Waals surface area contributed by atoms with E-state index in [1.54, 1.807) is 12.2 Å². The van der Waals surface area contributed by atoms with Crippen molar-refractivity contribution in [3.05, 3.63) is 36.6 Å². The van der Waals surface area contributed by atoms with Gasteiger partial charge in [-0.1, -0.05) is 128 Å². The third-order valence-corrected chi connectivity index (χ3v) is 9.54. The van der Waals surface area contributed by atoms with Gasteiger partial charge in [0.2, 0.25) is 0 Å². The molecule has 0 aromatic rings. The summed E-state index contributed by atoms with van der Waals surface area (Å²) in [5, 5.41) is 30.8. The summed E-state index contributed by atoms with van der Waals surface area (Å²) in [6.45, 7) is 3.76. The molecule has 0 saturated carbocycles. The maximum atomic E-state index is 12.5. The zero-order valence-corrected chi connectivity index (χ0v) is 32.4. The van der Waals surface area contributed by atoms with Crippen LogP contribution in [-0.4, -0.2) is 75.0 Å². The number of carbonyl (C=O) groups is 1. The third kappa shape index (κ3) is 27.7. The van der Waals surface area contributed by atoms with Gasteiger partial charge in [-0.15, -0.1) is 0 Å². The van der Waals surface area contributed by atoms with Crippen molar-refractivity contribution in [1.29, 1.82) is 0 Å². The van der Waals surface area contributed by atoms with Gasteiger partial charge >= 0.3 is 13.8 Å². The lowest BCUT2D eigenvalue weighted by atomic mass is 9.87. The molecule has 0 radical (unpaired) electrons. The molecule has 12 heteroatoms. The minimum atomic E-state index is -4.74. The van der Waals surface area contributed by atoms with Gasteiger partial charge in [0.05, 0.1) is 31.2 Å². The first-order chi connectivity index (χ1) is 24.6. The normalized spacial score (nSPS) is 21.2. The number of hydrogen-bond donors (Lipinski definition) is 5. The highest BCUT2D eigenvalue weighted by atomic mass is 31.2. The molecule has 0 aliphatic carbocycles. The molecule has 1 aliphatic heterocycles. The molecular formula is C39H71O11P. The number of hydrogen-bond acceptors (Lipinski definition) is 9. The molecule has 0 aromatic carbocycles. The van der Waals surface area contributed by atoms with E-state index in [1.807, 2.05) is 18.2 Å². The van der Waals surface area contributed by atoms with Crippen LogP contribution in [0.5, 0.6) is 0 Å². The fraction of sp³-hybridized carbons (Fsp3) is 0.821. The van der Waals surface area contributed by atoms with Crippen LogP contribution in [0.2, 0.25) is 0 Å². The van der Waals surface area contributed by atoms with Crippen LogP contribution < -0.4 is 0 Å². The van der Waals surface area contributed by atoms with Crippen molar-refractivity contribution in [3.63, 3.8) is 0 Å². The number of allylic oxidation sites excluding steroid dienone is 3. The van der Waals surface area contributed by atoms with Gasteiger partial charge in [-0.3, -0.25) is 9.32 Å². The van der Waals surface area contributed by atoms with Crippen molar-refractivity contribution in [2.45, 2.75) is 186 Å². The van der Waals surface area contributed by atoms with Gasteiger partial charge in [-0.25, -0.2) is 4.57 Å². The minimum absolute atomic E-state index is 0.0908. The Kier molecular flexibility index (Phi) is 28.7. The molecule has 1 aliphatic rings. The van der Waals surface area contributed by atoms with Crippen molar-refractivity contribution in [3.8, 4) is 0 Å². The largest absolute Gasteiger partial charge is 0.498 e. The predicted molar refractivity (Wildman–Crippen MR) is 201 cm³/mol.